The molecule has 0 radical (unpaired) electrons. The summed E-state index contributed by atoms with van der Waals surface area (Å²) in [4.78, 5) is 34.0. The van der Waals surface area contributed by atoms with E-state index in [1.807, 2.05) is 0 Å². The molecule has 0 saturated heterocycles. The van der Waals surface area contributed by atoms with E-state index in [2.05, 4.69) is 10.6 Å². The summed E-state index contributed by atoms with van der Waals surface area (Å²) in [7, 11) is 0. The van der Waals surface area contributed by atoms with Crippen molar-refractivity contribution in [2.75, 3.05) is 18.5 Å². The monoisotopic (exact) mass is 264 g/mol. The Morgan fingerprint density at radius 3 is 2.21 bits per heavy atom. The highest BCUT2D eigenvalue weighted by molar-refractivity contribution is 6.39. The van der Waals surface area contributed by atoms with Crippen molar-refractivity contribution >= 4 is 23.5 Å². The second-order valence-corrected chi connectivity index (χ2v) is 3.61. The Labute approximate surface area is 111 Å². The van der Waals surface area contributed by atoms with Crippen LogP contribution in [0.4, 0.5) is 5.69 Å². The van der Waals surface area contributed by atoms with E-state index in [1.165, 1.54) is 24.3 Å². The van der Waals surface area contributed by atoms with Crippen LogP contribution >= 0.6 is 0 Å². The minimum Gasteiger partial charge on any atom is -0.462 e. The second-order valence-electron chi connectivity index (χ2n) is 3.61. The maximum Gasteiger partial charge on any atom is 0.338 e. The van der Waals surface area contributed by atoms with E-state index >= 15 is 0 Å². The summed E-state index contributed by atoms with van der Waals surface area (Å²) in [6, 6.07) is 6.10. The summed E-state index contributed by atoms with van der Waals surface area (Å²) < 4.78 is 4.83. The fourth-order valence-corrected chi connectivity index (χ4v) is 1.33. The first kappa shape index (κ1) is 14.7. The van der Waals surface area contributed by atoms with Crippen LogP contribution in [0.25, 0.3) is 0 Å². The molecule has 0 saturated carbocycles. The molecule has 2 amide bonds. The lowest BCUT2D eigenvalue weighted by Gasteiger charge is -2.06. The molecule has 0 aliphatic carbocycles. The summed E-state index contributed by atoms with van der Waals surface area (Å²) in [5.74, 6) is -1.87. The third kappa shape index (κ3) is 4.42. The summed E-state index contributed by atoms with van der Waals surface area (Å²) >= 11 is 0. The fourth-order valence-electron chi connectivity index (χ4n) is 1.33. The number of carbonyl (C=O) groups is 3. The van der Waals surface area contributed by atoms with Gasteiger partial charge in [-0.3, -0.25) is 9.59 Å². The van der Waals surface area contributed by atoms with Gasteiger partial charge in [-0.15, -0.1) is 0 Å². The molecule has 6 heteroatoms. The van der Waals surface area contributed by atoms with Gasteiger partial charge < -0.3 is 15.4 Å². The van der Waals surface area contributed by atoms with Gasteiger partial charge in [0.05, 0.1) is 12.2 Å². The van der Waals surface area contributed by atoms with Gasteiger partial charge in [0.15, 0.2) is 0 Å². The molecule has 2 N–H and O–H groups in total. The van der Waals surface area contributed by atoms with E-state index in [1.54, 1.807) is 13.8 Å². The standard InChI is InChI=1S/C13H16N2O4/c1-3-14-11(16)12(17)15-10-7-5-9(6-8-10)13(18)19-4-2/h5-8H,3-4H2,1-2H3,(H,14,16)(H,15,17). The van der Waals surface area contributed by atoms with Crippen LogP contribution in [0.3, 0.4) is 0 Å². The van der Waals surface area contributed by atoms with Crippen molar-refractivity contribution in [3.8, 4) is 0 Å². The number of ether oxygens (including phenoxy) is 1. The highest BCUT2D eigenvalue weighted by Crippen LogP contribution is 2.10. The Morgan fingerprint density at radius 2 is 1.68 bits per heavy atom. The number of benzene rings is 1. The fraction of sp³-hybridized carbons (Fsp3) is 0.308. The van der Waals surface area contributed by atoms with Crippen LogP contribution in [-0.2, 0) is 14.3 Å². The van der Waals surface area contributed by atoms with Crippen LogP contribution in [0.5, 0.6) is 0 Å². The molecule has 0 aliphatic rings. The minimum atomic E-state index is -0.745. The van der Waals surface area contributed by atoms with Crippen molar-refractivity contribution in [3.05, 3.63) is 29.8 Å². The Balaban J connectivity index is 2.64. The molecule has 1 aromatic rings. The number of hydrogen-bond donors (Lipinski definition) is 2. The van der Waals surface area contributed by atoms with E-state index in [0.717, 1.165) is 0 Å². The van der Waals surface area contributed by atoms with Gasteiger partial charge in [0.25, 0.3) is 0 Å². The summed E-state index contributed by atoms with van der Waals surface area (Å²) in [6.45, 7) is 4.13. The van der Waals surface area contributed by atoms with Gasteiger partial charge in [-0.05, 0) is 38.1 Å². The number of nitrogens with one attached hydrogen (secondary N) is 2. The van der Waals surface area contributed by atoms with Crippen molar-refractivity contribution in [2.45, 2.75) is 13.8 Å². The molecule has 0 heterocycles. The molecule has 0 fully saturated rings. The van der Waals surface area contributed by atoms with E-state index in [9.17, 15) is 14.4 Å². The van der Waals surface area contributed by atoms with E-state index in [0.29, 0.717) is 24.4 Å². The Bertz CT molecular complexity index is 468. The highest BCUT2D eigenvalue weighted by atomic mass is 16.5. The SMILES string of the molecule is CCNC(=O)C(=O)Nc1ccc(C(=O)OCC)cc1. The molecule has 0 atom stereocenters. The molecule has 0 unspecified atom stereocenters. The first-order valence-corrected chi connectivity index (χ1v) is 5.94. The molecule has 1 rings (SSSR count). The number of rotatable bonds is 4. The average Bonchev–Trinajstić information content (AvgIpc) is 2.40. The topological polar surface area (TPSA) is 84.5 Å². The average molecular weight is 264 g/mol. The van der Waals surface area contributed by atoms with Crippen molar-refractivity contribution in [2.24, 2.45) is 0 Å². The first-order valence-electron chi connectivity index (χ1n) is 5.94. The van der Waals surface area contributed by atoms with Crippen LogP contribution in [0.1, 0.15) is 24.2 Å². The number of esters is 1. The quantitative estimate of drug-likeness (QED) is 0.626. The zero-order valence-corrected chi connectivity index (χ0v) is 10.9. The number of carbonyl (C=O) groups excluding carboxylic acids is 3. The highest BCUT2D eigenvalue weighted by Gasteiger charge is 2.12. The molecule has 0 bridgehead atoms. The maximum absolute atomic E-state index is 11.4. The number of hydrogen-bond acceptors (Lipinski definition) is 4. The number of amides is 2. The van der Waals surface area contributed by atoms with Gasteiger partial charge in [-0.25, -0.2) is 4.79 Å². The lowest BCUT2D eigenvalue weighted by Crippen LogP contribution is -2.35. The largest absolute Gasteiger partial charge is 0.462 e. The normalized spacial score (nSPS) is 9.58. The lowest BCUT2D eigenvalue weighted by molar-refractivity contribution is -0.136. The summed E-state index contributed by atoms with van der Waals surface area (Å²) in [5, 5.41) is 4.81. The zero-order chi connectivity index (χ0) is 14.3. The predicted octanol–water partition coefficient (Wildman–Crippen LogP) is 0.938. The smallest absolute Gasteiger partial charge is 0.338 e. The third-order valence-corrected chi connectivity index (χ3v) is 2.20. The van der Waals surface area contributed by atoms with E-state index in [4.69, 9.17) is 4.74 Å². The molecular weight excluding hydrogens is 248 g/mol. The number of likely N-dealkylation sites (N-methyl/N-ethyl adjacent to an activating group) is 1. The van der Waals surface area contributed by atoms with Gasteiger partial charge in [0.1, 0.15) is 0 Å². The predicted molar refractivity (Wildman–Crippen MR) is 69.7 cm³/mol. The first-order chi connectivity index (χ1) is 9.08. The summed E-state index contributed by atoms with van der Waals surface area (Å²) in [6.07, 6.45) is 0. The molecule has 0 aliphatic heterocycles. The van der Waals surface area contributed by atoms with Crippen molar-refractivity contribution in [3.63, 3.8) is 0 Å². The van der Waals surface area contributed by atoms with Crippen LogP contribution in [0, 0.1) is 0 Å². The van der Waals surface area contributed by atoms with Crippen LogP contribution in [0.15, 0.2) is 24.3 Å². The number of anilines is 1. The van der Waals surface area contributed by atoms with Gasteiger partial charge >= 0.3 is 17.8 Å². The molecule has 0 aromatic heterocycles. The van der Waals surface area contributed by atoms with Gasteiger partial charge in [0.2, 0.25) is 0 Å². The Morgan fingerprint density at radius 1 is 1.05 bits per heavy atom. The maximum atomic E-state index is 11.4. The van der Waals surface area contributed by atoms with Gasteiger partial charge in [-0.2, -0.15) is 0 Å². The molecule has 102 valence electrons. The van der Waals surface area contributed by atoms with Crippen molar-refractivity contribution in [1.29, 1.82) is 0 Å². The molecule has 19 heavy (non-hydrogen) atoms. The Hall–Kier alpha value is -2.37. The third-order valence-electron chi connectivity index (χ3n) is 2.20. The van der Waals surface area contributed by atoms with Crippen LogP contribution in [0.2, 0.25) is 0 Å². The van der Waals surface area contributed by atoms with Crippen molar-refractivity contribution in [1.82, 2.24) is 5.32 Å². The zero-order valence-electron chi connectivity index (χ0n) is 10.9. The Kier molecular flexibility index (Phi) is 5.53. The van der Waals surface area contributed by atoms with E-state index < -0.39 is 17.8 Å². The minimum absolute atomic E-state index is 0.300. The molecule has 6 nitrogen and oxygen atoms in total. The van der Waals surface area contributed by atoms with Crippen molar-refractivity contribution < 1.29 is 19.1 Å². The van der Waals surface area contributed by atoms with E-state index in [-0.39, 0.29) is 0 Å². The molecular formula is C13H16N2O4. The summed E-state index contributed by atoms with van der Waals surface area (Å²) in [5.41, 5.74) is 0.821. The van der Waals surface area contributed by atoms with Crippen LogP contribution < -0.4 is 10.6 Å². The van der Waals surface area contributed by atoms with Gasteiger partial charge in [0, 0.05) is 12.2 Å². The molecule has 0 spiro atoms. The lowest BCUT2D eigenvalue weighted by atomic mass is 10.2. The van der Waals surface area contributed by atoms with Crippen LogP contribution in [-0.4, -0.2) is 30.9 Å². The van der Waals surface area contributed by atoms with Gasteiger partial charge in [-0.1, -0.05) is 0 Å². The second kappa shape index (κ2) is 7.15. The molecule has 1 aromatic carbocycles.